The second-order valence-corrected chi connectivity index (χ2v) is 3.53. The summed E-state index contributed by atoms with van der Waals surface area (Å²) in [4.78, 5) is 2.12. The molecule has 0 spiro atoms. The molecule has 0 saturated carbocycles. The largest absolute Gasteiger partial charge is 0.364 e. The molecule has 50 valence electrons. The summed E-state index contributed by atoms with van der Waals surface area (Å²) in [6, 6.07) is 0. The van der Waals surface area contributed by atoms with Gasteiger partial charge in [0.1, 0.15) is 0 Å². The topological polar surface area (TPSA) is 3.24 Å². The van der Waals surface area contributed by atoms with Crippen LogP contribution in [0.15, 0.2) is 21.2 Å². The van der Waals surface area contributed by atoms with Crippen molar-refractivity contribution in [3.05, 3.63) is 21.2 Å². The number of halogens is 2. The second-order valence-electron chi connectivity index (χ2n) is 1.92. The molecule has 0 saturated heterocycles. The molecule has 0 aromatic heterocycles. The van der Waals surface area contributed by atoms with Crippen LogP contribution in [0.25, 0.3) is 0 Å². The summed E-state index contributed by atoms with van der Waals surface area (Å²) in [6.07, 6.45) is 4.15. The zero-order valence-electron chi connectivity index (χ0n) is 5.06. The predicted molar refractivity (Wildman–Crippen MR) is 46.7 cm³/mol. The average molecular weight is 253 g/mol. The van der Waals surface area contributed by atoms with Crippen molar-refractivity contribution in [2.75, 3.05) is 13.6 Å². The van der Waals surface area contributed by atoms with E-state index in [1.165, 1.54) is 0 Å². The van der Waals surface area contributed by atoms with Crippen molar-refractivity contribution in [1.29, 1.82) is 0 Å². The van der Waals surface area contributed by atoms with Crippen LogP contribution in [0.1, 0.15) is 0 Å². The first-order valence-corrected chi connectivity index (χ1v) is 4.23. The molecule has 0 fully saturated rings. The number of likely N-dealkylation sites (N-methyl/N-ethyl adjacent to an activating group) is 1. The van der Waals surface area contributed by atoms with Gasteiger partial charge in [0.05, 0.1) is 4.61 Å². The van der Waals surface area contributed by atoms with Gasteiger partial charge in [-0.25, -0.2) is 0 Å². The van der Waals surface area contributed by atoms with E-state index in [4.69, 9.17) is 0 Å². The fourth-order valence-electron chi connectivity index (χ4n) is 0.646. The van der Waals surface area contributed by atoms with Crippen LogP contribution in [0.2, 0.25) is 0 Å². The highest BCUT2D eigenvalue weighted by Crippen LogP contribution is 2.24. The van der Waals surface area contributed by atoms with Gasteiger partial charge in [-0.3, -0.25) is 0 Å². The fourth-order valence-corrected chi connectivity index (χ4v) is 1.41. The molecule has 1 aliphatic rings. The first-order valence-electron chi connectivity index (χ1n) is 2.65. The monoisotopic (exact) mass is 251 g/mol. The Morgan fingerprint density at radius 1 is 1.56 bits per heavy atom. The van der Waals surface area contributed by atoms with Gasteiger partial charge in [-0.05, 0) is 37.9 Å². The lowest BCUT2D eigenvalue weighted by Crippen LogP contribution is -2.17. The Morgan fingerprint density at radius 2 is 2.22 bits per heavy atom. The van der Waals surface area contributed by atoms with Gasteiger partial charge in [-0.1, -0.05) is 6.08 Å². The Morgan fingerprint density at radius 3 is 2.67 bits per heavy atom. The Bertz CT molecular complexity index is 172. The minimum Gasteiger partial charge on any atom is -0.364 e. The van der Waals surface area contributed by atoms with Crippen molar-refractivity contribution in [2.45, 2.75) is 0 Å². The summed E-state index contributed by atoms with van der Waals surface area (Å²) in [6.45, 7) is 0.982. The first-order chi connectivity index (χ1) is 4.22. The predicted octanol–water partition coefficient (Wildman–Crippen LogP) is 2.45. The summed E-state index contributed by atoms with van der Waals surface area (Å²) in [5, 5.41) is 0. The Labute approximate surface area is 71.7 Å². The number of allylic oxidation sites excluding steroid dienone is 2. The van der Waals surface area contributed by atoms with Gasteiger partial charge in [-0.2, -0.15) is 0 Å². The maximum absolute atomic E-state index is 3.43. The van der Waals surface area contributed by atoms with E-state index in [1.807, 2.05) is 13.1 Å². The molecule has 0 aliphatic carbocycles. The van der Waals surface area contributed by atoms with Crippen molar-refractivity contribution < 1.29 is 0 Å². The van der Waals surface area contributed by atoms with Crippen molar-refractivity contribution in [2.24, 2.45) is 0 Å². The molecule has 0 aromatic carbocycles. The van der Waals surface area contributed by atoms with Crippen LogP contribution >= 0.6 is 31.9 Å². The maximum Gasteiger partial charge on any atom is 0.0950 e. The molecule has 0 N–H and O–H groups in total. The molecular formula is C6H7Br2N. The molecule has 1 aliphatic heterocycles. The van der Waals surface area contributed by atoms with Gasteiger partial charge in [0, 0.05) is 18.1 Å². The highest BCUT2D eigenvalue weighted by molar-refractivity contribution is 9.14. The Kier molecular flexibility index (Phi) is 2.35. The van der Waals surface area contributed by atoms with Gasteiger partial charge in [0.2, 0.25) is 0 Å². The third-order valence-corrected chi connectivity index (χ3v) is 3.38. The summed E-state index contributed by atoms with van der Waals surface area (Å²) in [5.41, 5.74) is 0. The van der Waals surface area contributed by atoms with Gasteiger partial charge >= 0.3 is 0 Å². The van der Waals surface area contributed by atoms with Crippen LogP contribution in [-0.2, 0) is 0 Å². The molecule has 0 amide bonds. The van der Waals surface area contributed by atoms with E-state index in [1.54, 1.807) is 0 Å². The summed E-state index contributed by atoms with van der Waals surface area (Å²) < 4.78 is 2.22. The molecule has 0 atom stereocenters. The third kappa shape index (κ3) is 1.58. The van der Waals surface area contributed by atoms with Crippen molar-refractivity contribution in [1.82, 2.24) is 4.90 Å². The van der Waals surface area contributed by atoms with Crippen LogP contribution in [0.5, 0.6) is 0 Å². The lowest BCUT2D eigenvalue weighted by atomic mass is 10.4. The van der Waals surface area contributed by atoms with E-state index in [2.05, 4.69) is 42.8 Å². The van der Waals surface area contributed by atoms with E-state index in [-0.39, 0.29) is 0 Å². The number of nitrogens with zero attached hydrogens (tertiary/aromatic N) is 1. The maximum atomic E-state index is 3.43. The van der Waals surface area contributed by atoms with Crippen LogP contribution in [0.3, 0.4) is 0 Å². The lowest BCUT2D eigenvalue weighted by Gasteiger charge is -2.20. The molecule has 0 bridgehead atoms. The summed E-state index contributed by atoms with van der Waals surface area (Å²) >= 11 is 6.82. The molecule has 0 aromatic rings. The van der Waals surface area contributed by atoms with Gasteiger partial charge in [0.15, 0.2) is 0 Å². The van der Waals surface area contributed by atoms with Gasteiger partial charge in [-0.15, -0.1) is 0 Å². The molecular weight excluding hydrogens is 246 g/mol. The van der Waals surface area contributed by atoms with Gasteiger partial charge < -0.3 is 4.90 Å². The highest BCUT2D eigenvalue weighted by Gasteiger charge is 2.06. The lowest BCUT2D eigenvalue weighted by molar-refractivity contribution is 0.494. The minimum atomic E-state index is 0.982. The quantitative estimate of drug-likeness (QED) is 0.599. The number of hydrogen-bond donors (Lipinski definition) is 0. The standard InChI is InChI=1S/C6H7Br2N/c1-9-4-2-3-5(7)6(9)8/h2-3H,4H2,1H3. The van der Waals surface area contributed by atoms with E-state index in [0.717, 1.165) is 15.6 Å². The van der Waals surface area contributed by atoms with Crippen molar-refractivity contribution in [3.63, 3.8) is 0 Å². The van der Waals surface area contributed by atoms with E-state index in [0.29, 0.717) is 0 Å². The second kappa shape index (κ2) is 2.88. The van der Waals surface area contributed by atoms with Gasteiger partial charge in [0.25, 0.3) is 0 Å². The molecule has 1 heterocycles. The smallest absolute Gasteiger partial charge is 0.0950 e. The molecule has 0 radical (unpaired) electrons. The number of hydrogen-bond acceptors (Lipinski definition) is 1. The first kappa shape index (κ1) is 7.35. The zero-order valence-corrected chi connectivity index (χ0v) is 8.24. The van der Waals surface area contributed by atoms with E-state index in [9.17, 15) is 0 Å². The van der Waals surface area contributed by atoms with Crippen molar-refractivity contribution in [3.8, 4) is 0 Å². The highest BCUT2D eigenvalue weighted by atomic mass is 79.9. The Balaban J connectivity index is 2.83. The normalized spacial score (nSPS) is 19.2. The Hall–Kier alpha value is 0.240. The van der Waals surface area contributed by atoms with Crippen LogP contribution < -0.4 is 0 Å². The SMILES string of the molecule is CN1CC=CC(Br)=C1Br. The molecule has 1 nitrogen and oxygen atoms in total. The minimum absolute atomic E-state index is 0.982. The third-order valence-electron chi connectivity index (χ3n) is 1.18. The molecule has 1 rings (SSSR count). The fraction of sp³-hybridized carbons (Fsp3) is 0.333. The van der Waals surface area contributed by atoms with E-state index >= 15 is 0 Å². The molecule has 9 heavy (non-hydrogen) atoms. The average Bonchev–Trinajstić information content (AvgIpc) is 1.83. The number of rotatable bonds is 0. The van der Waals surface area contributed by atoms with Crippen LogP contribution in [0, 0.1) is 0 Å². The molecule has 3 heteroatoms. The van der Waals surface area contributed by atoms with Crippen LogP contribution in [-0.4, -0.2) is 18.5 Å². The van der Waals surface area contributed by atoms with Crippen LogP contribution in [0.4, 0.5) is 0 Å². The summed E-state index contributed by atoms with van der Waals surface area (Å²) in [7, 11) is 2.04. The summed E-state index contributed by atoms with van der Waals surface area (Å²) in [5.74, 6) is 0. The van der Waals surface area contributed by atoms with E-state index < -0.39 is 0 Å². The zero-order chi connectivity index (χ0) is 6.85. The molecule has 0 unspecified atom stereocenters. The van der Waals surface area contributed by atoms with Crippen molar-refractivity contribution >= 4 is 31.9 Å².